The molecular formula is C20H24N2O3. The minimum absolute atomic E-state index is 0.166. The fourth-order valence-corrected chi connectivity index (χ4v) is 3.54. The van der Waals surface area contributed by atoms with Crippen LogP contribution in [0.3, 0.4) is 0 Å². The molecule has 1 amide bonds. The van der Waals surface area contributed by atoms with Crippen LogP contribution in [0.5, 0.6) is 5.75 Å². The molecule has 3 rings (SSSR count). The zero-order valence-corrected chi connectivity index (χ0v) is 14.5. The first kappa shape index (κ1) is 17.3. The maximum Gasteiger partial charge on any atom is 0.259 e. The molecule has 0 saturated carbocycles. The lowest BCUT2D eigenvalue weighted by molar-refractivity contribution is 0.0665. The molecule has 1 atom stereocenters. The zero-order chi connectivity index (χ0) is 17.8. The third-order valence-corrected chi connectivity index (χ3v) is 5.02. The van der Waals surface area contributed by atoms with E-state index in [-0.39, 0.29) is 17.2 Å². The average molecular weight is 340 g/mol. The number of aryl methyl sites for hydroxylation is 2. The van der Waals surface area contributed by atoms with E-state index in [0.29, 0.717) is 19.0 Å². The highest BCUT2D eigenvalue weighted by Gasteiger charge is 2.26. The van der Waals surface area contributed by atoms with E-state index in [1.54, 1.807) is 4.90 Å². The van der Waals surface area contributed by atoms with Gasteiger partial charge < -0.3 is 15.0 Å². The molecule has 0 aliphatic carbocycles. The van der Waals surface area contributed by atoms with Crippen molar-refractivity contribution in [3.05, 3.63) is 63.6 Å². The van der Waals surface area contributed by atoms with Crippen LogP contribution in [0.15, 0.2) is 41.3 Å². The molecular weight excluding hydrogens is 316 g/mol. The molecule has 2 aromatic rings. The summed E-state index contributed by atoms with van der Waals surface area (Å²) in [6, 6.07) is 9.46. The summed E-state index contributed by atoms with van der Waals surface area (Å²) in [7, 11) is 0. The van der Waals surface area contributed by atoms with Gasteiger partial charge in [-0.1, -0.05) is 24.3 Å². The standard InChI is InChI=1S/C20H24N2O3/c1-14-5-2-3-7-16(14)9-8-15-6-4-10-22(13-15)20(25)17-12-21-19(24)11-18(17)23/h2-3,5,7,11-12,15H,4,6,8-10,13H2,1H3,(H2,21,23,24). The van der Waals surface area contributed by atoms with Gasteiger partial charge >= 0.3 is 0 Å². The lowest BCUT2D eigenvalue weighted by Crippen LogP contribution is -2.40. The van der Waals surface area contributed by atoms with Crippen LogP contribution in [-0.4, -0.2) is 34.0 Å². The number of nitrogens with zero attached hydrogens (tertiary/aromatic N) is 1. The van der Waals surface area contributed by atoms with E-state index in [0.717, 1.165) is 31.7 Å². The Kier molecular flexibility index (Phi) is 5.22. The summed E-state index contributed by atoms with van der Waals surface area (Å²) in [5, 5.41) is 9.87. The molecule has 1 unspecified atom stereocenters. The van der Waals surface area contributed by atoms with Crippen molar-refractivity contribution in [2.45, 2.75) is 32.6 Å². The van der Waals surface area contributed by atoms with Crippen LogP contribution in [0.4, 0.5) is 0 Å². The molecule has 2 heterocycles. The van der Waals surface area contributed by atoms with Gasteiger partial charge in [-0.15, -0.1) is 0 Å². The molecule has 1 fully saturated rings. The summed E-state index contributed by atoms with van der Waals surface area (Å²) < 4.78 is 0. The number of aromatic hydroxyl groups is 1. The van der Waals surface area contributed by atoms with Crippen LogP contribution < -0.4 is 5.56 Å². The number of rotatable bonds is 4. The van der Waals surface area contributed by atoms with Crippen LogP contribution in [0.2, 0.25) is 0 Å². The molecule has 132 valence electrons. The van der Waals surface area contributed by atoms with Gasteiger partial charge in [-0.25, -0.2) is 0 Å². The Balaban J connectivity index is 1.63. The molecule has 2 N–H and O–H groups in total. The Labute approximate surface area is 147 Å². The van der Waals surface area contributed by atoms with Crippen molar-refractivity contribution in [1.29, 1.82) is 0 Å². The highest BCUT2D eigenvalue weighted by atomic mass is 16.3. The Hall–Kier alpha value is -2.56. The fraction of sp³-hybridized carbons (Fsp3) is 0.400. The monoisotopic (exact) mass is 340 g/mol. The Morgan fingerprint density at radius 3 is 2.92 bits per heavy atom. The van der Waals surface area contributed by atoms with E-state index in [1.807, 2.05) is 0 Å². The van der Waals surface area contributed by atoms with Gasteiger partial charge in [0.15, 0.2) is 0 Å². The maximum atomic E-state index is 12.6. The number of H-pyrrole nitrogens is 1. The smallest absolute Gasteiger partial charge is 0.259 e. The number of pyridine rings is 1. The number of benzene rings is 1. The number of carbonyl (C=O) groups excluding carboxylic acids is 1. The van der Waals surface area contributed by atoms with Crippen molar-refractivity contribution in [3.63, 3.8) is 0 Å². The second kappa shape index (κ2) is 7.55. The van der Waals surface area contributed by atoms with Gasteiger partial charge in [-0.3, -0.25) is 9.59 Å². The fourth-order valence-electron chi connectivity index (χ4n) is 3.54. The molecule has 5 heteroatoms. The van der Waals surface area contributed by atoms with Gasteiger partial charge in [0, 0.05) is 25.4 Å². The van der Waals surface area contributed by atoms with Crippen molar-refractivity contribution in [1.82, 2.24) is 9.88 Å². The molecule has 1 aliphatic heterocycles. The van der Waals surface area contributed by atoms with E-state index in [2.05, 4.69) is 36.2 Å². The second-order valence-electron chi connectivity index (χ2n) is 6.82. The van der Waals surface area contributed by atoms with Gasteiger partial charge in [0.2, 0.25) is 0 Å². The first-order valence-corrected chi connectivity index (χ1v) is 8.80. The molecule has 1 aliphatic rings. The largest absolute Gasteiger partial charge is 0.507 e. The number of nitrogens with one attached hydrogen (secondary N) is 1. The van der Waals surface area contributed by atoms with E-state index < -0.39 is 5.56 Å². The molecule has 25 heavy (non-hydrogen) atoms. The second-order valence-corrected chi connectivity index (χ2v) is 6.82. The van der Waals surface area contributed by atoms with E-state index >= 15 is 0 Å². The Morgan fingerprint density at radius 1 is 1.36 bits per heavy atom. The van der Waals surface area contributed by atoms with Crippen LogP contribution >= 0.6 is 0 Å². The van der Waals surface area contributed by atoms with Crippen LogP contribution in [0.1, 0.15) is 40.7 Å². The summed E-state index contributed by atoms with van der Waals surface area (Å²) in [5.41, 5.74) is 2.43. The predicted molar refractivity (Wildman–Crippen MR) is 96.9 cm³/mol. The van der Waals surface area contributed by atoms with Gasteiger partial charge in [0.05, 0.1) is 5.56 Å². The Morgan fingerprint density at radius 2 is 2.16 bits per heavy atom. The number of aromatic amines is 1. The maximum absolute atomic E-state index is 12.6. The number of hydrogen-bond acceptors (Lipinski definition) is 3. The summed E-state index contributed by atoms with van der Waals surface area (Å²) in [5.74, 6) is -0.00710. The van der Waals surface area contributed by atoms with E-state index in [9.17, 15) is 14.7 Å². The quantitative estimate of drug-likeness (QED) is 0.899. The average Bonchev–Trinajstić information content (AvgIpc) is 2.61. The van der Waals surface area contributed by atoms with Crippen molar-refractivity contribution in [2.75, 3.05) is 13.1 Å². The lowest BCUT2D eigenvalue weighted by Gasteiger charge is -2.33. The highest BCUT2D eigenvalue weighted by Crippen LogP contribution is 2.25. The van der Waals surface area contributed by atoms with E-state index in [1.165, 1.54) is 17.3 Å². The SMILES string of the molecule is Cc1ccccc1CCC1CCCN(C(=O)c2c[nH]c(=O)cc2O)C1. The number of carbonyl (C=O) groups is 1. The van der Waals surface area contributed by atoms with Gasteiger partial charge in [-0.2, -0.15) is 0 Å². The van der Waals surface area contributed by atoms with Gasteiger partial charge in [0.1, 0.15) is 5.75 Å². The Bertz CT molecular complexity index is 813. The predicted octanol–water partition coefficient (Wildman–Crippen LogP) is 2.87. The molecule has 1 aromatic heterocycles. The zero-order valence-electron chi connectivity index (χ0n) is 14.5. The van der Waals surface area contributed by atoms with Crippen LogP contribution in [0, 0.1) is 12.8 Å². The summed E-state index contributed by atoms with van der Waals surface area (Å²) in [6.07, 6.45) is 5.45. The van der Waals surface area contributed by atoms with Crippen molar-refractivity contribution >= 4 is 5.91 Å². The number of likely N-dealkylation sites (tertiary alicyclic amines) is 1. The van der Waals surface area contributed by atoms with E-state index in [4.69, 9.17) is 0 Å². The van der Waals surface area contributed by atoms with Crippen molar-refractivity contribution in [3.8, 4) is 5.75 Å². The topological polar surface area (TPSA) is 73.4 Å². The van der Waals surface area contributed by atoms with Crippen molar-refractivity contribution in [2.24, 2.45) is 5.92 Å². The first-order valence-electron chi connectivity index (χ1n) is 8.80. The highest BCUT2D eigenvalue weighted by molar-refractivity contribution is 5.96. The van der Waals surface area contributed by atoms with Crippen molar-refractivity contribution < 1.29 is 9.90 Å². The summed E-state index contributed by atoms with van der Waals surface area (Å²) >= 11 is 0. The molecule has 0 bridgehead atoms. The number of hydrogen-bond donors (Lipinski definition) is 2. The molecule has 0 spiro atoms. The summed E-state index contributed by atoms with van der Waals surface area (Å²) in [4.78, 5) is 28.1. The number of amides is 1. The minimum Gasteiger partial charge on any atom is -0.507 e. The molecule has 1 saturated heterocycles. The lowest BCUT2D eigenvalue weighted by atomic mass is 9.90. The number of piperidine rings is 1. The number of aromatic nitrogens is 1. The van der Waals surface area contributed by atoms with Crippen LogP contribution in [-0.2, 0) is 6.42 Å². The van der Waals surface area contributed by atoms with Gasteiger partial charge in [-0.05, 0) is 49.7 Å². The normalized spacial score (nSPS) is 17.5. The van der Waals surface area contributed by atoms with Gasteiger partial charge in [0.25, 0.3) is 11.5 Å². The molecule has 5 nitrogen and oxygen atoms in total. The third-order valence-electron chi connectivity index (χ3n) is 5.02. The minimum atomic E-state index is -0.413. The first-order chi connectivity index (χ1) is 12.0. The third kappa shape index (κ3) is 4.10. The molecule has 0 radical (unpaired) electrons. The summed E-state index contributed by atoms with van der Waals surface area (Å²) in [6.45, 7) is 3.52. The molecule has 1 aromatic carbocycles. The van der Waals surface area contributed by atoms with Crippen LogP contribution in [0.25, 0.3) is 0 Å².